The monoisotopic (exact) mass is 234 g/mol. The molecule has 0 unspecified atom stereocenters. The molecular formula is C13H14O4. The van der Waals surface area contributed by atoms with Gasteiger partial charge in [0.25, 0.3) is 0 Å². The quantitative estimate of drug-likeness (QED) is 0.445. The van der Waals surface area contributed by atoms with E-state index in [0.717, 1.165) is 0 Å². The molecule has 0 saturated heterocycles. The molecule has 1 aliphatic heterocycles. The first-order valence-electron chi connectivity index (χ1n) is 5.43. The lowest BCUT2D eigenvalue weighted by atomic mass is 10.1. The Morgan fingerprint density at radius 2 is 2.24 bits per heavy atom. The van der Waals surface area contributed by atoms with Gasteiger partial charge >= 0.3 is 0 Å². The molecule has 1 heterocycles. The Hall–Kier alpha value is -1.81. The lowest BCUT2D eigenvalue weighted by Crippen LogP contribution is -2.09. The van der Waals surface area contributed by atoms with Gasteiger partial charge in [-0.2, -0.15) is 0 Å². The van der Waals surface area contributed by atoms with Gasteiger partial charge in [-0.3, -0.25) is 4.79 Å². The van der Waals surface area contributed by atoms with Crippen molar-refractivity contribution in [2.24, 2.45) is 0 Å². The molecule has 0 N–H and O–H groups in total. The maximum atomic E-state index is 11.8. The van der Waals surface area contributed by atoms with Crippen LogP contribution in [0.1, 0.15) is 17.3 Å². The summed E-state index contributed by atoms with van der Waals surface area (Å²) in [6, 6.07) is 5.14. The van der Waals surface area contributed by atoms with Crippen molar-refractivity contribution >= 4 is 5.78 Å². The van der Waals surface area contributed by atoms with Crippen molar-refractivity contribution < 1.29 is 19.0 Å². The molecule has 1 aromatic carbocycles. The Kier molecular flexibility index (Phi) is 3.77. The molecule has 4 heteroatoms. The minimum Gasteiger partial charge on any atom is -0.454 e. The van der Waals surface area contributed by atoms with Crippen LogP contribution in [0.15, 0.2) is 30.4 Å². The van der Waals surface area contributed by atoms with Gasteiger partial charge in [0.1, 0.15) is 6.61 Å². The Bertz CT molecular complexity index is 437. The molecule has 0 atom stereocenters. The summed E-state index contributed by atoms with van der Waals surface area (Å²) in [6.07, 6.45) is 3.73. The van der Waals surface area contributed by atoms with Gasteiger partial charge in [0, 0.05) is 5.56 Å². The molecule has 0 amide bonds. The van der Waals surface area contributed by atoms with Crippen molar-refractivity contribution in [3.05, 3.63) is 35.9 Å². The molecule has 17 heavy (non-hydrogen) atoms. The van der Waals surface area contributed by atoms with Gasteiger partial charge in [0.15, 0.2) is 17.3 Å². The van der Waals surface area contributed by atoms with Crippen molar-refractivity contribution in [2.45, 2.75) is 6.92 Å². The summed E-state index contributed by atoms with van der Waals surface area (Å²) in [5.41, 5.74) is 0.578. The van der Waals surface area contributed by atoms with E-state index in [-0.39, 0.29) is 19.2 Å². The van der Waals surface area contributed by atoms with Gasteiger partial charge in [-0.25, -0.2) is 0 Å². The molecule has 1 aliphatic rings. The van der Waals surface area contributed by atoms with Gasteiger partial charge in [-0.05, 0) is 25.1 Å². The van der Waals surface area contributed by atoms with E-state index in [1.807, 2.05) is 19.1 Å². The molecule has 0 aliphatic carbocycles. The first kappa shape index (κ1) is 11.7. The number of carbonyl (C=O) groups is 1. The third-order valence-corrected chi connectivity index (χ3v) is 2.38. The minimum absolute atomic E-state index is 0.0622. The van der Waals surface area contributed by atoms with Crippen LogP contribution in [0.4, 0.5) is 0 Å². The average Bonchev–Trinajstić information content (AvgIpc) is 2.81. The van der Waals surface area contributed by atoms with E-state index in [4.69, 9.17) is 14.2 Å². The summed E-state index contributed by atoms with van der Waals surface area (Å²) in [6.45, 7) is 2.64. The van der Waals surface area contributed by atoms with E-state index in [1.54, 1.807) is 18.2 Å². The smallest absolute Gasteiger partial charge is 0.231 e. The van der Waals surface area contributed by atoms with Crippen LogP contribution in [-0.2, 0) is 4.74 Å². The molecule has 0 saturated carbocycles. The number of ether oxygens (including phenoxy) is 3. The summed E-state index contributed by atoms with van der Waals surface area (Å²) < 4.78 is 15.6. The molecule has 90 valence electrons. The van der Waals surface area contributed by atoms with E-state index in [0.29, 0.717) is 23.7 Å². The normalized spacial score (nSPS) is 13.2. The fourth-order valence-electron chi connectivity index (χ4n) is 1.47. The minimum atomic E-state index is -0.0622. The van der Waals surface area contributed by atoms with Crippen LogP contribution in [0, 0.1) is 0 Å². The number of rotatable bonds is 5. The molecule has 1 aromatic rings. The third-order valence-electron chi connectivity index (χ3n) is 2.38. The molecule has 0 fully saturated rings. The Labute approximate surface area is 99.8 Å². The zero-order valence-electron chi connectivity index (χ0n) is 9.64. The van der Waals surface area contributed by atoms with Crippen LogP contribution in [0.25, 0.3) is 0 Å². The zero-order chi connectivity index (χ0) is 12.1. The predicted octanol–water partition coefficient (Wildman–Crippen LogP) is 2.19. The van der Waals surface area contributed by atoms with Gasteiger partial charge in [0.2, 0.25) is 6.79 Å². The largest absolute Gasteiger partial charge is 0.454 e. The van der Waals surface area contributed by atoms with Gasteiger partial charge in [-0.15, -0.1) is 0 Å². The zero-order valence-corrected chi connectivity index (χ0v) is 9.64. The summed E-state index contributed by atoms with van der Waals surface area (Å²) in [4.78, 5) is 11.8. The highest BCUT2D eigenvalue weighted by molar-refractivity contribution is 5.97. The standard InChI is InChI=1S/C13H14O4/c1-2-3-6-15-8-11(14)10-4-5-12-13(7-10)17-9-16-12/h2-5,7H,6,8-9H2,1H3/b3-2+. The number of ketones is 1. The highest BCUT2D eigenvalue weighted by Crippen LogP contribution is 2.32. The number of benzene rings is 1. The van der Waals surface area contributed by atoms with E-state index >= 15 is 0 Å². The molecule has 0 radical (unpaired) electrons. The number of fused-ring (bicyclic) bond motifs is 1. The number of Topliss-reactive ketones (excluding diaryl/α,β-unsaturated/α-hetero) is 1. The Balaban J connectivity index is 1.95. The van der Waals surface area contributed by atoms with Gasteiger partial charge < -0.3 is 14.2 Å². The number of allylic oxidation sites excluding steroid dienone is 1. The molecule has 0 bridgehead atoms. The van der Waals surface area contributed by atoms with Crippen molar-refractivity contribution in [1.29, 1.82) is 0 Å². The second-order valence-corrected chi connectivity index (χ2v) is 3.58. The van der Waals surface area contributed by atoms with Crippen LogP contribution in [0.2, 0.25) is 0 Å². The SMILES string of the molecule is C/C=C/COCC(=O)c1ccc2c(c1)OCO2. The van der Waals surface area contributed by atoms with Crippen molar-refractivity contribution in [2.75, 3.05) is 20.0 Å². The second-order valence-electron chi connectivity index (χ2n) is 3.58. The van der Waals surface area contributed by atoms with E-state index < -0.39 is 0 Å². The highest BCUT2D eigenvalue weighted by Gasteiger charge is 2.15. The predicted molar refractivity (Wildman–Crippen MR) is 62.5 cm³/mol. The molecule has 2 rings (SSSR count). The summed E-state index contributed by atoms with van der Waals surface area (Å²) in [5, 5.41) is 0. The molecule has 4 nitrogen and oxygen atoms in total. The summed E-state index contributed by atoms with van der Waals surface area (Å²) in [5.74, 6) is 1.23. The van der Waals surface area contributed by atoms with Crippen molar-refractivity contribution in [3.63, 3.8) is 0 Å². The Morgan fingerprint density at radius 3 is 3.06 bits per heavy atom. The average molecular weight is 234 g/mol. The molecule has 0 spiro atoms. The number of hydrogen-bond donors (Lipinski definition) is 0. The lowest BCUT2D eigenvalue weighted by molar-refractivity contribution is 0.0805. The van der Waals surface area contributed by atoms with Crippen LogP contribution < -0.4 is 9.47 Å². The maximum Gasteiger partial charge on any atom is 0.231 e. The Morgan fingerprint density at radius 1 is 1.41 bits per heavy atom. The summed E-state index contributed by atoms with van der Waals surface area (Å²) in [7, 11) is 0. The van der Waals surface area contributed by atoms with Crippen molar-refractivity contribution in [3.8, 4) is 11.5 Å². The molecular weight excluding hydrogens is 220 g/mol. The molecule has 0 aromatic heterocycles. The van der Waals surface area contributed by atoms with E-state index in [2.05, 4.69) is 0 Å². The van der Waals surface area contributed by atoms with Crippen LogP contribution >= 0.6 is 0 Å². The van der Waals surface area contributed by atoms with Crippen LogP contribution in [-0.4, -0.2) is 25.8 Å². The fraction of sp³-hybridized carbons (Fsp3) is 0.308. The third kappa shape index (κ3) is 2.85. The highest BCUT2D eigenvalue weighted by atomic mass is 16.7. The van der Waals surface area contributed by atoms with Gasteiger partial charge in [0.05, 0.1) is 6.61 Å². The van der Waals surface area contributed by atoms with Gasteiger partial charge in [-0.1, -0.05) is 12.2 Å². The van der Waals surface area contributed by atoms with Crippen LogP contribution in [0.3, 0.4) is 0 Å². The summed E-state index contributed by atoms with van der Waals surface area (Å²) >= 11 is 0. The van der Waals surface area contributed by atoms with Crippen LogP contribution in [0.5, 0.6) is 11.5 Å². The first-order valence-corrected chi connectivity index (χ1v) is 5.43. The maximum absolute atomic E-state index is 11.8. The first-order chi connectivity index (χ1) is 8.31. The number of carbonyl (C=O) groups excluding carboxylic acids is 1. The second kappa shape index (κ2) is 5.50. The van der Waals surface area contributed by atoms with E-state index in [9.17, 15) is 4.79 Å². The lowest BCUT2D eigenvalue weighted by Gasteiger charge is -2.02. The van der Waals surface area contributed by atoms with E-state index in [1.165, 1.54) is 0 Å². The fourth-order valence-corrected chi connectivity index (χ4v) is 1.47. The number of hydrogen-bond acceptors (Lipinski definition) is 4. The van der Waals surface area contributed by atoms with Crippen molar-refractivity contribution in [1.82, 2.24) is 0 Å². The topological polar surface area (TPSA) is 44.8 Å².